The smallest absolute Gasteiger partial charge is 0.0654 e. The molecule has 1 N–H and O–H groups in total. The van der Waals surface area contributed by atoms with Crippen LogP contribution in [0.2, 0.25) is 10.0 Å². The van der Waals surface area contributed by atoms with Crippen molar-refractivity contribution in [3.8, 4) is 0 Å². The van der Waals surface area contributed by atoms with Gasteiger partial charge in [-0.3, -0.25) is 0 Å². The molecule has 1 aliphatic rings. The molecule has 0 aromatic heterocycles. The highest BCUT2D eigenvalue weighted by molar-refractivity contribution is 6.36. The summed E-state index contributed by atoms with van der Waals surface area (Å²) in [7, 11) is 0. The van der Waals surface area contributed by atoms with Gasteiger partial charge in [0.1, 0.15) is 0 Å². The van der Waals surface area contributed by atoms with Crippen molar-refractivity contribution in [2.75, 3.05) is 18.0 Å². The fourth-order valence-corrected chi connectivity index (χ4v) is 3.03. The Kier molecular flexibility index (Phi) is 4.77. The van der Waals surface area contributed by atoms with E-state index in [4.69, 9.17) is 23.2 Å². The zero-order valence-corrected chi connectivity index (χ0v) is 12.4. The van der Waals surface area contributed by atoms with Gasteiger partial charge in [-0.2, -0.15) is 0 Å². The Hall–Kier alpha value is -0.440. The molecule has 0 aliphatic carbocycles. The van der Waals surface area contributed by atoms with Gasteiger partial charge in [-0.1, -0.05) is 37.0 Å². The van der Waals surface area contributed by atoms with Gasteiger partial charge in [-0.15, -0.1) is 0 Å². The van der Waals surface area contributed by atoms with Gasteiger partial charge < -0.3 is 10.2 Å². The van der Waals surface area contributed by atoms with Gasteiger partial charge in [0.2, 0.25) is 0 Å². The monoisotopic (exact) mass is 286 g/mol. The largest absolute Gasteiger partial charge is 0.365 e. The predicted octanol–water partition coefficient (Wildman–Crippen LogP) is 3.96. The molecular formula is C14H20Cl2N2. The molecule has 0 saturated carbocycles. The van der Waals surface area contributed by atoms with Crippen molar-refractivity contribution in [1.82, 2.24) is 5.32 Å². The van der Waals surface area contributed by atoms with Crippen LogP contribution in [0, 0.1) is 0 Å². The summed E-state index contributed by atoms with van der Waals surface area (Å²) in [5.41, 5.74) is 1.10. The van der Waals surface area contributed by atoms with Gasteiger partial charge >= 0.3 is 0 Å². The molecule has 0 radical (unpaired) electrons. The molecule has 1 aromatic carbocycles. The summed E-state index contributed by atoms with van der Waals surface area (Å²) in [5, 5.41) is 5.03. The van der Waals surface area contributed by atoms with E-state index in [1.165, 1.54) is 0 Å². The summed E-state index contributed by atoms with van der Waals surface area (Å²) in [4.78, 5) is 2.42. The number of piperazine rings is 1. The van der Waals surface area contributed by atoms with E-state index in [9.17, 15) is 0 Å². The maximum absolute atomic E-state index is 6.33. The molecule has 0 spiro atoms. The summed E-state index contributed by atoms with van der Waals surface area (Å²) in [6, 6.07) is 6.82. The van der Waals surface area contributed by atoms with Crippen LogP contribution in [0.4, 0.5) is 5.69 Å². The van der Waals surface area contributed by atoms with Crippen molar-refractivity contribution in [3.05, 3.63) is 28.2 Å². The fourth-order valence-electron chi connectivity index (χ4n) is 2.51. The lowest BCUT2D eigenvalue weighted by Gasteiger charge is -2.42. The first-order valence-electron chi connectivity index (χ1n) is 6.60. The second-order valence-corrected chi connectivity index (χ2v) is 5.67. The topological polar surface area (TPSA) is 15.3 Å². The number of nitrogens with zero attached hydrogens (tertiary/aromatic N) is 1. The van der Waals surface area contributed by atoms with Crippen LogP contribution in [0.5, 0.6) is 0 Å². The third-order valence-corrected chi connectivity index (χ3v) is 4.22. The molecular weight excluding hydrogens is 267 g/mol. The highest BCUT2D eigenvalue weighted by Gasteiger charge is 2.27. The molecule has 100 valence electrons. The van der Waals surface area contributed by atoms with E-state index < -0.39 is 0 Å². The maximum Gasteiger partial charge on any atom is 0.0654 e. The zero-order chi connectivity index (χ0) is 13.1. The van der Waals surface area contributed by atoms with Gasteiger partial charge in [0.05, 0.1) is 10.7 Å². The number of hydrogen-bond acceptors (Lipinski definition) is 2. The summed E-state index contributed by atoms with van der Waals surface area (Å²) in [5.74, 6) is 0. The van der Waals surface area contributed by atoms with E-state index >= 15 is 0 Å². The van der Waals surface area contributed by atoms with E-state index in [2.05, 4.69) is 24.1 Å². The standard InChI is InChI=1S/C14H20Cl2N2/c1-3-11-9-18(12(4-2)8-17-11)14-6-5-10(15)7-13(14)16/h5-7,11-12,17H,3-4,8-9H2,1-2H3. The lowest BCUT2D eigenvalue weighted by Crippen LogP contribution is -2.56. The van der Waals surface area contributed by atoms with Gasteiger partial charge in [-0.25, -0.2) is 0 Å². The van der Waals surface area contributed by atoms with Crippen LogP contribution in [-0.4, -0.2) is 25.2 Å². The van der Waals surface area contributed by atoms with Crippen LogP contribution < -0.4 is 10.2 Å². The molecule has 1 heterocycles. The summed E-state index contributed by atoms with van der Waals surface area (Å²) in [6.45, 7) is 6.46. The highest BCUT2D eigenvalue weighted by Crippen LogP contribution is 2.31. The first-order valence-corrected chi connectivity index (χ1v) is 7.36. The number of benzene rings is 1. The molecule has 4 heteroatoms. The van der Waals surface area contributed by atoms with Crippen LogP contribution in [0.3, 0.4) is 0 Å². The van der Waals surface area contributed by atoms with Crippen LogP contribution >= 0.6 is 23.2 Å². The minimum atomic E-state index is 0.506. The fraction of sp³-hybridized carbons (Fsp3) is 0.571. The SMILES string of the molecule is CCC1CN(c2ccc(Cl)cc2Cl)C(CC)CN1. The zero-order valence-electron chi connectivity index (χ0n) is 10.9. The van der Waals surface area contributed by atoms with Crippen molar-refractivity contribution in [2.24, 2.45) is 0 Å². The van der Waals surface area contributed by atoms with Crippen LogP contribution in [0.15, 0.2) is 18.2 Å². The van der Waals surface area contributed by atoms with Crippen molar-refractivity contribution in [2.45, 2.75) is 38.8 Å². The van der Waals surface area contributed by atoms with Crippen molar-refractivity contribution < 1.29 is 0 Å². The first kappa shape index (κ1) is 14.0. The lowest BCUT2D eigenvalue weighted by molar-refractivity contribution is 0.379. The van der Waals surface area contributed by atoms with E-state index in [-0.39, 0.29) is 0 Å². The van der Waals surface area contributed by atoms with Crippen LogP contribution in [-0.2, 0) is 0 Å². The Morgan fingerprint density at radius 1 is 1.28 bits per heavy atom. The van der Waals surface area contributed by atoms with Crippen LogP contribution in [0.1, 0.15) is 26.7 Å². The van der Waals surface area contributed by atoms with E-state index in [0.717, 1.165) is 36.6 Å². The molecule has 18 heavy (non-hydrogen) atoms. The number of nitrogens with one attached hydrogen (secondary N) is 1. The maximum atomic E-state index is 6.33. The molecule has 2 nitrogen and oxygen atoms in total. The average Bonchev–Trinajstić information content (AvgIpc) is 2.38. The second kappa shape index (κ2) is 6.14. The third-order valence-electron chi connectivity index (χ3n) is 3.68. The molecule has 0 amide bonds. The lowest BCUT2D eigenvalue weighted by atomic mass is 10.0. The summed E-state index contributed by atoms with van der Waals surface area (Å²) >= 11 is 12.3. The molecule has 1 aliphatic heterocycles. The minimum Gasteiger partial charge on any atom is -0.365 e. The predicted molar refractivity (Wildman–Crippen MR) is 80.0 cm³/mol. The average molecular weight is 287 g/mol. The van der Waals surface area contributed by atoms with Crippen molar-refractivity contribution >= 4 is 28.9 Å². The minimum absolute atomic E-state index is 0.506. The first-order chi connectivity index (χ1) is 8.65. The Morgan fingerprint density at radius 2 is 2.06 bits per heavy atom. The Labute approximate surface area is 119 Å². The van der Waals surface area contributed by atoms with Crippen molar-refractivity contribution in [1.29, 1.82) is 0 Å². The second-order valence-electron chi connectivity index (χ2n) is 4.82. The van der Waals surface area contributed by atoms with E-state index in [1.54, 1.807) is 0 Å². The number of anilines is 1. The van der Waals surface area contributed by atoms with E-state index in [1.807, 2.05) is 18.2 Å². The van der Waals surface area contributed by atoms with E-state index in [0.29, 0.717) is 17.1 Å². The normalized spacial score (nSPS) is 24.3. The third kappa shape index (κ3) is 2.93. The van der Waals surface area contributed by atoms with Gasteiger partial charge in [-0.05, 0) is 31.0 Å². The summed E-state index contributed by atoms with van der Waals surface area (Å²) < 4.78 is 0. The van der Waals surface area contributed by atoms with Crippen LogP contribution in [0.25, 0.3) is 0 Å². The molecule has 0 bridgehead atoms. The molecule has 1 aromatic rings. The Balaban J connectivity index is 2.26. The Bertz CT molecular complexity index is 409. The molecule has 2 atom stereocenters. The molecule has 1 saturated heterocycles. The number of hydrogen-bond donors (Lipinski definition) is 1. The molecule has 1 fully saturated rings. The number of rotatable bonds is 3. The molecule has 2 rings (SSSR count). The van der Waals surface area contributed by atoms with Gasteiger partial charge in [0.15, 0.2) is 0 Å². The quantitative estimate of drug-likeness (QED) is 0.905. The van der Waals surface area contributed by atoms with Crippen molar-refractivity contribution in [3.63, 3.8) is 0 Å². The van der Waals surface area contributed by atoms with Gasteiger partial charge in [0.25, 0.3) is 0 Å². The summed E-state index contributed by atoms with van der Waals surface area (Å²) in [6.07, 6.45) is 2.25. The van der Waals surface area contributed by atoms with Gasteiger partial charge in [0, 0.05) is 30.2 Å². The number of halogens is 2. The Morgan fingerprint density at radius 3 is 2.67 bits per heavy atom. The highest BCUT2D eigenvalue weighted by atomic mass is 35.5. The molecule has 2 unspecified atom stereocenters.